The van der Waals surface area contributed by atoms with Gasteiger partial charge in [0.2, 0.25) is 5.89 Å². The van der Waals surface area contributed by atoms with Crippen LogP contribution in [0.3, 0.4) is 0 Å². The zero-order chi connectivity index (χ0) is 16.2. The SMILES string of the molecule is Cc1ccccc1Cc1nc(C[S@](=O)c2cccc(F)c2)no1. The van der Waals surface area contributed by atoms with E-state index in [-0.39, 0.29) is 5.75 Å². The molecule has 2 aromatic carbocycles. The fourth-order valence-corrected chi connectivity index (χ4v) is 3.19. The summed E-state index contributed by atoms with van der Waals surface area (Å²) >= 11 is 0. The summed E-state index contributed by atoms with van der Waals surface area (Å²) in [5.74, 6) is 0.520. The lowest BCUT2D eigenvalue weighted by atomic mass is 10.1. The summed E-state index contributed by atoms with van der Waals surface area (Å²) in [6.45, 7) is 2.02. The number of nitrogens with zero attached hydrogens (tertiary/aromatic N) is 2. The van der Waals surface area contributed by atoms with Crippen molar-refractivity contribution in [3.05, 3.63) is 77.2 Å². The number of halogens is 1. The Morgan fingerprint density at radius 2 is 2.00 bits per heavy atom. The molecule has 0 radical (unpaired) electrons. The zero-order valence-corrected chi connectivity index (χ0v) is 13.3. The van der Waals surface area contributed by atoms with E-state index < -0.39 is 16.6 Å². The van der Waals surface area contributed by atoms with E-state index in [1.54, 1.807) is 6.07 Å². The average molecular weight is 330 g/mol. The van der Waals surface area contributed by atoms with E-state index in [2.05, 4.69) is 10.1 Å². The minimum absolute atomic E-state index is 0.0979. The number of aryl methyl sites for hydroxylation is 1. The second kappa shape index (κ2) is 6.83. The number of rotatable bonds is 5. The van der Waals surface area contributed by atoms with E-state index in [0.717, 1.165) is 11.1 Å². The third kappa shape index (κ3) is 3.90. The van der Waals surface area contributed by atoms with Crippen LogP contribution in [0.4, 0.5) is 4.39 Å². The minimum atomic E-state index is -1.41. The van der Waals surface area contributed by atoms with Crippen molar-refractivity contribution in [2.75, 3.05) is 0 Å². The lowest BCUT2D eigenvalue weighted by molar-refractivity contribution is 0.380. The van der Waals surface area contributed by atoms with E-state index in [9.17, 15) is 8.60 Å². The van der Waals surface area contributed by atoms with E-state index in [4.69, 9.17) is 4.52 Å². The van der Waals surface area contributed by atoms with E-state index in [1.165, 1.54) is 18.2 Å². The Balaban J connectivity index is 1.70. The van der Waals surface area contributed by atoms with Crippen LogP contribution in [-0.2, 0) is 23.0 Å². The first-order valence-corrected chi connectivity index (χ1v) is 8.43. The average Bonchev–Trinajstić information content (AvgIpc) is 2.97. The molecule has 3 aromatic rings. The summed E-state index contributed by atoms with van der Waals surface area (Å²) < 4.78 is 30.6. The fourth-order valence-electron chi connectivity index (χ4n) is 2.20. The van der Waals surface area contributed by atoms with Gasteiger partial charge in [0.05, 0.1) is 23.0 Å². The third-order valence-electron chi connectivity index (χ3n) is 3.43. The molecule has 23 heavy (non-hydrogen) atoms. The summed E-state index contributed by atoms with van der Waals surface area (Å²) in [5, 5.41) is 3.86. The predicted molar refractivity (Wildman–Crippen MR) is 84.8 cm³/mol. The summed E-state index contributed by atoms with van der Waals surface area (Å²) in [6, 6.07) is 13.7. The largest absolute Gasteiger partial charge is 0.339 e. The van der Waals surface area contributed by atoms with Crippen molar-refractivity contribution in [3.8, 4) is 0 Å². The van der Waals surface area contributed by atoms with Crippen molar-refractivity contribution in [2.45, 2.75) is 24.0 Å². The first-order valence-electron chi connectivity index (χ1n) is 7.12. The highest BCUT2D eigenvalue weighted by Crippen LogP contribution is 2.15. The maximum absolute atomic E-state index is 13.2. The highest BCUT2D eigenvalue weighted by molar-refractivity contribution is 7.84. The van der Waals surface area contributed by atoms with Gasteiger partial charge in [-0.05, 0) is 36.2 Å². The van der Waals surface area contributed by atoms with E-state index in [0.29, 0.717) is 23.0 Å². The Morgan fingerprint density at radius 1 is 1.17 bits per heavy atom. The van der Waals surface area contributed by atoms with Crippen LogP contribution in [0.5, 0.6) is 0 Å². The van der Waals surface area contributed by atoms with Gasteiger partial charge in [0.25, 0.3) is 0 Å². The molecule has 118 valence electrons. The van der Waals surface area contributed by atoms with Crippen LogP contribution < -0.4 is 0 Å². The lowest BCUT2D eigenvalue weighted by Gasteiger charge is -2.00. The topological polar surface area (TPSA) is 56.0 Å². The van der Waals surface area contributed by atoms with Crippen LogP contribution in [0.25, 0.3) is 0 Å². The smallest absolute Gasteiger partial charge is 0.231 e. The van der Waals surface area contributed by atoms with Gasteiger partial charge >= 0.3 is 0 Å². The van der Waals surface area contributed by atoms with Crippen LogP contribution in [-0.4, -0.2) is 14.3 Å². The van der Waals surface area contributed by atoms with Gasteiger partial charge in [-0.15, -0.1) is 0 Å². The number of benzene rings is 2. The van der Waals surface area contributed by atoms with E-state index in [1.807, 2.05) is 31.2 Å². The molecule has 0 aliphatic carbocycles. The maximum atomic E-state index is 13.2. The first-order chi connectivity index (χ1) is 11.1. The summed E-state index contributed by atoms with van der Waals surface area (Å²) in [6.07, 6.45) is 0.534. The van der Waals surface area contributed by atoms with Gasteiger partial charge in [-0.1, -0.05) is 35.5 Å². The monoisotopic (exact) mass is 330 g/mol. The molecule has 3 rings (SSSR count). The van der Waals surface area contributed by atoms with Crippen LogP contribution in [0.1, 0.15) is 22.8 Å². The van der Waals surface area contributed by atoms with Crippen LogP contribution >= 0.6 is 0 Å². The van der Waals surface area contributed by atoms with Crippen molar-refractivity contribution >= 4 is 10.8 Å². The molecule has 1 aromatic heterocycles. The summed E-state index contributed by atoms with van der Waals surface area (Å²) in [4.78, 5) is 4.68. The normalized spacial score (nSPS) is 12.3. The highest BCUT2D eigenvalue weighted by atomic mass is 32.2. The van der Waals surface area contributed by atoms with Gasteiger partial charge in [0, 0.05) is 4.90 Å². The predicted octanol–water partition coefficient (Wildman–Crippen LogP) is 3.42. The molecule has 0 aliphatic heterocycles. The van der Waals surface area contributed by atoms with Crippen molar-refractivity contribution in [2.24, 2.45) is 0 Å². The molecular formula is C17H15FN2O2S. The van der Waals surface area contributed by atoms with Crippen LogP contribution in [0.2, 0.25) is 0 Å². The van der Waals surface area contributed by atoms with Crippen LogP contribution in [0.15, 0.2) is 57.9 Å². The Kier molecular flexibility index (Phi) is 4.62. The summed E-state index contributed by atoms with van der Waals surface area (Å²) in [5.41, 5.74) is 2.25. The number of hydrogen-bond donors (Lipinski definition) is 0. The first kappa shape index (κ1) is 15.6. The van der Waals surface area contributed by atoms with Gasteiger partial charge in [0.1, 0.15) is 5.82 Å². The fraction of sp³-hybridized carbons (Fsp3) is 0.176. The van der Waals surface area contributed by atoms with Crippen molar-refractivity contribution in [1.29, 1.82) is 0 Å². The van der Waals surface area contributed by atoms with Gasteiger partial charge in [-0.3, -0.25) is 4.21 Å². The standard InChI is InChI=1S/C17H15FN2O2S/c1-12-5-2-3-6-13(12)9-17-19-16(20-22-17)11-23(21)15-8-4-7-14(18)10-15/h2-8,10H,9,11H2,1H3/t23-/m0/s1. The molecule has 0 amide bonds. The van der Waals surface area contributed by atoms with Gasteiger partial charge in [-0.2, -0.15) is 4.98 Å². The second-order valence-electron chi connectivity index (χ2n) is 5.15. The number of aromatic nitrogens is 2. The molecule has 0 fully saturated rings. The van der Waals surface area contributed by atoms with E-state index >= 15 is 0 Å². The molecule has 4 nitrogen and oxygen atoms in total. The molecule has 6 heteroatoms. The van der Waals surface area contributed by atoms with Gasteiger partial charge in [0.15, 0.2) is 5.82 Å². The zero-order valence-electron chi connectivity index (χ0n) is 12.5. The highest BCUT2D eigenvalue weighted by Gasteiger charge is 2.13. The quantitative estimate of drug-likeness (QED) is 0.719. The Bertz CT molecular complexity index is 848. The molecule has 0 saturated carbocycles. The molecule has 1 atom stereocenters. The maximum Gasteiger partial charge on any atom is 0.231 e. The third-order valence-corrected chi connectivity index (χ3v) is 4.73. The summed E-state index contributed by atoms with van der Waals surface area (Å²) in [7, 11) is -1.41. The Hall–Kier alpha value is -2.34. The van der Waals surface area contributed by atoms with Crippen LogP contribution in [0, 0.1) is 12.7 Å². The molecule has 0 bridgehead atoms. The van der Waals surface area contributed by atoms with Crippen molar-refractivity contribution in [1.82, 2.24) is 10.1 Å². The Morgan fingerprint density at radius 3 is 2.78 bits per heavy atom. The molecule has 0 aliphatic rings. The molecule has 1 heterocycles. The van der Waals surface area contributed by atoms with Gasteiger partial charge < -0.3 is 4.52 Å². The van der Waals surface area contributed by atoms with Gasteiger partial charge in [-0.25, -0.2) is 4.39 Å². The molecule has 0 saturated heterocycles. The number of hydrogen-bond acceptors (Lipinski definition) is 4. The second-order valence-corrected chi connectivity index (χ2v) is 6.61. The molecule has 0 unspecified atom stereocenters. The van der Waals surface area contributed by atoms with Crippen molar-refractivity contribution in [3.63, 3.8) is 0 Å². The van der Waals surface area contributed by atoms with Crippen molar-refractivity contribution < 1.29 is 13.1 Å². The molecule has 0 N–H and O–H groups in total. The molecular weight excluding hydrogens is 315 g/mol. The minimum Gasteiger partial charge on any atom is -0.339 e. The lowest BCUT2D eigenvalue weighted by Crippen LogP contribution is -1.99. The molecule has 0 spiro atoms. The Labute approximate surface area is 135 Å².